The third-order valence-electron chi connectivity index (χ3n) is 5.40. The first-order valence-electron chi connectivity index (χ1n) is 9.57. The Labute approximate surface area is 151 Å². The number of rotatable bonds is 5. The minimum atomic E-state index is 0.0832. The summed E-state index contributed by atoms with van der Waals surface area (Å²) in [5.41, 5.74) is 2.87. The van der Waals surface area contributed by atoms with Crippen LogP contribution in [-0.4, -0.2) is 38.3 Å². The summed E-state index contributed by atoms with van der Waals surface area (Å²) in [5.74, 6) is 0.940. The Balaban J connectivity index is 1.79. The van der Waals surface area contributed by atoms with Crippen LogP contribution in [0, 0.1) is 6.92 Å². The second-order valence-electron chi connectivity index (χ2n) is 7.19. The molecule has 0 saturated carbocycles. The molecule has 0 atom stereocenters. The molecule has 0 radical (unpaired) electrons. The van der Waals surface area contributed by atoms with Crippen LogP contribution in [0.3, 0.4) is 0 Å². The number of guanidine groups is 1. The van der Waals surface area contributed by atoms with E-state index in [1.807, 2.05) is 0 Å². The number of hydrogen-bond acceptors (Lipinski definition) is 2. The normalized spacial score (nSPS) is 20.6. The van der Waals surface area contributed by atoms with E-state index in [-0.39, 0.29) is 5.41 Å². The zero-order valence-corrected chi connectivity index (χ0v) is 15.6. The molecule has 1 aliphatic heterocycles. The Morgan fingerprint density at radius 1 is 1.20 bits per heavy atom. The van der Waals surface area contributed by atoms with Gasteiger partial charge in [0.1, 0.15) is 0 Å². The third-order valence-corrected chi connectivity index (χ3v) is 5.40. The maximum absolute atomic E-state index is 5.66. The van der Waals surface area contributed by atoms with Gasteiger partial charge >= 0.3 is 0 Å². The van der Waals surface area contributed by atoms with Crippen LogP contribution in [0.5, 0.6) is 0 Å². The van der Waals surface area contributed by atoms with Gasteiger partial charge in [0.2, 0.25) is 0 Å². The fraction of sp³-hybridized carbons (Fsp3) is 0.571. The van der Waals surface area contributed by atoms with E-state index in [9.17, 15) is 0 Å². The van der Waals surface area contributed by atoms with Crippen molar-refractivity contribution in [3.05, 3.63) is 47.5 Å². The highest BCUT2D eigenvalue weighted by atomic mass is 16.5. The van der Waals surface area contributed by atoms with Gasteiger partial charge in [-0.3, -0.25) is 4.99 Å². The molecule has 3 rings (SSSR count). The Hall–Kier alpha value is -1.81. The van der Waals surface area contributed by atoms with Gasteiger partial charge in [0.25, 0.3) is 0 Å². The molecule has 1 aromatic rings. The van der Waals surface area contributed by atoms with Gasteiger partial charge in [0.05, 0.1) is 6.54 Å². The van der Waals surface area contributed by atoms with E-state index in [0.717, 1.165) is 57.9 Å². The first kappa shape index (κ1) is 18.0. The van der Waals surface area contributed by atoms with Crippen molar-refractivity contribution in [3.63, 3.8) is 0 Å². The van der Waals surface area contributed by atoms with Crippen molar-refractivity contribution in [3.8, 4) is 0 Å². The van der Waals surface area contributed by atoms with Gasteiger partial charge < -0.3 is 15.4 Å². The molecule has 0 amide bonds. The van der Waals surface area contributed by atoms with Crippen molar-refractivity contribution in [2.75, 3.05) is 26.3 Å². The Morgan fingerprint density at radius 3 is 2.60 bits per heavy atom. The molecule has 0 aromatic heterocycles. The van der Waals surface area contributed by atoms with Crippen LogP contribution >= 0.6 is 0 Å². The minimum absolute atomic E-state index is 0.0832. The first-order valence-corrected chi connectivity index (χ1v) is 9.57. The Morgan fingerprint density at radius 2 is 1.92 bits per heavy atom. The summed E-state index contributed by atoms with van der Waals surface area (Å²) in [6.07, 6.45) is 8.73. The number of hydrogen-bond donors (Lipinski definition) is 2. The highest BCUT2D eigenvalue weighted by molar-refractivity contribution is 5.80. The molecule has 4 nitrogen and oxygen atoms in total. The SMILES string of the molecule is CCNC(=NCC1(c2ccccc2C)CCOCC1)NC1CC=CC1. The van der Waals surface area contributed by atoms with E-state index in [0.29, 0.717) is 6.04 Å². The highest BCUT2D eigenvalue weighted by Crippen LogP contribution is 2.37. The lowest BCUT2D eigenvalue weighted by Gasteiger charge is -2.37. The third kappa shape index (κ3) is 4.43. The number of nitrogens with zero attached hydrogens (tertiary/aromatic N) is 1. The molecule has 1 saturated heterocycles. The summed E-state index contributed by atoms with van der Waals surface area (Å²) in [4.78, 5) is 5.00. The molecular formula is C21H31N3O. The summed E-state index contributed by atoms with van der Waals surface area (Å²) in [5, 5.41) is 7.00. The molecule has 1 aliphatic carbocycles. The number of nitrogens with one attached hydrogen (secondary N) is 2. The zero-order valence-electron chi connectivity index (χ0n) is 15.6. The molecule has 1 fully saturated rings. The summed E-state index contributed by atoms with van der Waals surface area (Å²) < 4.78 is 5.66. The molecule has 136 valence electrons. The van der Waals surface area contributed by atoms with Gasteiger partial charge in [-0.15, -0.1) is 0 Å². The van der Waals surface area contributed by atoms with Crippen molar-refractivity contribution < 1.29 is 4.74 Å². The van der Waals surface area contributed by atoms with Crippen LogP contribution in [0.2, 0.25) is 0 Å². The van der Waals surface area contributed by atoms with Crippen molar-refractivity contribution >= 4 is 5.96 Å². The van der Waals surface area contributed by atoms with Gasteiger partial charge in [-0.05, 0) is 50.7 Å². The zero-order chi connectivity index (χ0) is 17.5. The van der Waals surface area contributed by atoms with Crippen molar-refractivity contribution in [1.29, 1.82) is 0 Å². The molecule has 0 unspecified atom stereocenters. The lowest BCUT2D eigenvalue weighted by Crippen LogP contribution is -2.44. The summed E-state index contributed by atoms with van der Waals surface area (Å²) in [7, 11) is 0. The molecule has 1 heterocycles. The standard InChI is InChI=1S/C21H31N3O/c1-3-22-20(24-18-9-5-6-10-18)23-16-21(12-14-25-15-13-21)19-11-7-4-8-17(19)2/h4-8,11,18H,3,9-10,12-16H2,1-2H3,(H2,22,23,24). The maximum Gasteiger partial charge on any atom is 0.191 e. The molecule has 2 N–H and O–H groups in total. The van der Waals surface area contributed by atoms with Crippen LogP contribution in [0.25, 0.3) is 0 Å². The molecular weight excluding hydrogens is 310 g/mol. The number of aliphatic imine (C=N–C) groups is 1. The van der Waals surface area contributed by atoms with E-state index in [4.69, 9.17) is 9.73 Å². The van der Waals surface area contributed by atoms with Crippen LogP contribution in [-0.2, 0) is 10.2 Å². The number of aryl methyl sites for hydroxylation is 1. The molecule has 0 spiro atoms. The fourth-order valence-corrected chi connectivity index (χ4v) is 3.92. The smallest absolute Gasteiger partial charge is 0.191 e. The maximum atomic E-state index is 5.66. The Bertz CT molecular complexity index is 609. The van der Waals surface area contributed by atoms with Gasteiger partial charge in [-0.1, -0.05) is 36.4 Å². The van der Waals surface area contributed by atoms with E-state index in [1.165, 1.54) is 11.1 Å². The monoisotopic (exact) mass is 341 g/mol. The second-order valence-corrected chi connectivity index (χ2v) is 7.19. The second kappa shape index (κ2) is 8.52. The summed E-state index contributed by atoms with van der Waals surface area (Å²) in [6.45, 7) is 7.66. The van der Waals surface area contributed by atoms with E-state index >= 15 is 0 Å². The minimum Gasteiger partial charge on any atom is -0.381 e. The van der Waals surface area contributed by atoms with Crippen LogP contribution in [0.4, 0.5) is 0 Å². The lowest BCUT2D eigenvalue weighted by atomic mass is 9.72. The van der Waals surface area contributed by atoms with Crippen molar-refractivity contribution in [1.82, 2.24) is 10.6 Å². The first-order chi connectivity index (χ1) is 12.2. The van der Waals surface area contributed by atoms with Crippen LogP contribution in [0.1, 0.15) is 43.7 Å². The number of benzene rings is 1. The topological polar surface area (TPSA) is 45.7 Å². The van der Waals surface area contributed by atoms with Gasteiger partial charge in [0.15, 0.2) is 5.96 Å². The van der Waals surface area contributed by atoms with E-state index in [1.54, 1.807) is 0 Å². The van der Waals surface area contributed by atoms with Crippen molar-refractivity contribution in [2.45, 2.75) is 51.0 Å². The van der Waals surface area contributed by atoms with E-state index < -0.39 is 0 Å². The van der Waals surface area contributed by atoms with E-state index in [2.05, 4.69) is 60.9 Å². The van der Waals surface area contributed by atoms with Crippen LogP contribution in [0.15, 0.2) is 41.4 Å². The van der Waals surface area contributed by atoms with Crippen molar-refractivity contribution in [2.24, 2.45) is 4.99 Å². The van der Waals surface area contributed by atoms with Crippen LogP contribution < -0.4 is 10.6 Å². The van der Waals surface area contributed by atoms with Gasteiger partial charge in [0, 0.05) is 31.2 Å². The predicted octanol–water partition coefficient (Wildman–Crippen LogP) is 3.32. The van der Waals surface area contributed by atoms with Gasteiger partial charge in [-0.2, -0.15) is 0 Å². The molecule has 2 aliphatic rings. The predicted molar refractivity (Wildman–Crippen MR) is 104 cm³/mol. The highest BCUT2D eigenvalue weighted by Gasteiger charge is 2.35. The largest absolute Gasteiger partial charge is 0.381 e. The number of ether oxygens (including phenoxy) is 1. The summed E-state index contributed by atoms with van der Waals surface area (Å²) >= 11 is 0. The molecule has 25 heavy (non-hydrogen) atoms. The lowest BCUT2D eigenvalue weighted by molar-refractivity contribution is 0.0529. The average molecular weight is 341 g/mol. The molecule has 4 heteroatoms. The average Bonchev–Trinajstić information content (AvgIpc) is 3.14. The summed E-state index contributed by atoms with van der Waals surface area (Å²) in [6, 6.07) is 9.23. The molecule has 1 aromatic carbocycles. The fourth-order valence-electron chi connectivity index (χ4n) is 3.92. The molecule has 0 bridgehead atoms. The Kier molecular flexibility index (Phi) is 6.14. The van der Waals surface area contributed by atoms with Gasteiger partial charge in [-0.25, -0.2) is 0 Å². The quantitative estimate of drug-likeness (QED) is 0.491.